The average molecular weight is 297 g/mol. The highest BCUT2D eigenvalue weighted by Gasteiger charge is 2.14. The highest BCUT2D eigenvalue weighted by Crippen LogP contribution is 2.39. The summed E-state index contributed by atoms with van der Waals surface area (Å²) in [5.74, 6) is 0.770. The van der Waals surface area contributed by atoms with Crippen LogP contribution in [0.25, 0.3) is 0 Å². The summed E-state index contributed by atoms with van der Waals surface area (Å²) >= 11 is 12.4. The molecular formula is C14H14Cl2N2O. The van der Waals surface area contributed by atoms with Crippen LogP contribution in [-0.4, -0.2) is 14.2 Å². The van der Waals surface area contributed by atoms with Gasteiger partial charge in [0.25, 0.3) is 0 Å². The van der Waals surface area contributed by atoms with Gasteiger partial charge in [-0.05, 0) is 24.3 Å². The number of benzene rings is 2. The van der Waals surface area contributed by atoms with Crippen molar-refractivity contribution < 1.29 is 4.74 Å². The molecule has 0 aromatic heterocycles. The van der Waals surface area contributed by atoms with Gasteiger partial charge in [0.2, 0.25) is 0 Å². The van der Waals surface area contributed by atoms with Crippen LogP contribution >= 0.6 is 23.2 Å². The van der Waals surface area contributed by atoms with Gasteiger partial charge in [-0.3, -0.25) is 0 Å². The van der Waals surface area contributed by atoms with E-state index in [1.807, 2.05) is 36.2 Å². The smallest absolute Gasteiger partial charge is 0.120 e. The molecule has 3 nitrogen and oxygen atoms in total. The minimum absolute atomic E-state index is 0.510. The monoisotopic (exact) mass is 296 g/mol. The lowest BCUT2D eigenvalue weighted by Crippen LogP contribution is -2.11. The summed E-state index contributed by atoms with van der Waals surface area (Å²) in [6, 6.07) is 11.0. The van der Waals surface area contributed by atoms with Crippen LogP contribution in [-0.2, 0) is 0 Å². The first-order valence-electron chi connectivity index (χ1n) is 5.65. The quantitative estimate of drug-likeness (QED) is 0.856. The van der Waals surface area contributed by atoms with Gasteiger partial charge in [-0.15, -0.1) is 0 Å². The molecule has 0 aliphatic heterocycles. The molecule has 19 heavy (non-hydrogen) atoms. The lowest BCUT2D eigenvalue weighted by atomic mass is 10.2. The number of rotatable bonds is 3. The molecule has 2 aromatic rings. The number of methoxy groups -OCH3 is 1. The van der Waals surface area contributed by atoms with Gasteiger partial charge in [0.15, 0.2) is 0 Å². The zero-order valence-corrected chi connectivity index (χ0v) is 12.2. The van der Waals surface area contributed by atoms with Crippen molar-refractivity contribution in [1.29, 1.82) is 0 Å². The number of hydrogen-bond acceptors (Lipinski definition) is 3. The van der Waals surface area contributed by atoms with E-state index in [0.717, 1.165) is 11.4 Å². The molecule has 0 spiro atoms. The molecule has 100 valence electrons. The number of halogens is 2. The van der Waals surface area contributed by atoms with Crippen molar-refractivity contribution >= 4 is 40.3 Å². The SMILES string of the molecule is COc1cccc(N(C)c2c(Cl)cc(N)cc2Cl)c1. The Balaban J connectivity index is 2.46. The largest absolute Gasteiger partial charge is 0.497 e. The molecular weight excluding hydrogens is 283 g/mol. The molecule has 0 aliphatic rings. The molecule has 0 bridgehead atoms. The maximum Gasteiger partial charge on any atom is 0.120 e. The summed E-state index contributed by atoms with van der Waals surface area (Å²) < 4.78 is 5.21. The minimum Gasteiger partial charge on any atom is -0.497 e. The topological polar surface area (TPSA) is 38.5 Å². The third-order valence-electron chi connectivity index (χ3n) is 2.82. The van der Waals surface area contributed by atoms with Crippen LogP contribution in [0.5, 0.6) is 5.75 Å². The van der Waals surface area contributed by atoms with Crippen molar-refractivity contribution in [2.75, 3.05) is 24.8 Å². The van der Waals surface area contributed by atoms with E-state index in [9.17, 15) is 0 Å². The van der Waals surface area contributed by atoms with Crippen molar-refractivity contribution in [3.05, 3.63) is 46.4 Å². The third kappa shape index (κ3) is 2.88. The van der Waals surface area contributed by atoms with Crippen molar-refractivity contribution in [1.82, 2.24) is 0 Å². The number of hydrogen-bond donors (Lipinski definition) is 1. The molecule has 0 saturated carbocycles. The van der Waals surface area contributed by atoms with E-state index < -0.39 is 0 Å². The fourth-order valence-corrected chi connectivity index (χ4v) is 2.61. The van der Waals surface area contributed by atoms with Crippen LogP contribution in [0.4, 0.5) is 17.1 Å². The van der Waals surface area contributed by atoms with E-state index in [2.05, 4.69) is 0 Å². The first kappa shape index (κ1) is 13.8. The molecule has 2 rings (SSSR count). The number of nitrogen functional groups attached to an aromatic ring is 1. The summed E-state index contributed by atoms with van der Waals surface area (Å²) in [6.07, 6.45) is 0. The van der Waals surface area contributed by atoms with Gasteiger partial charge in [0.05, 0.1) is 22.8 Å². The fraction of sp³-hybridized carbons (Fsp3) is 0.143. The van der Waals surface area contributed by atoms with E-state index in [1.54, 1.807) is 19.2 Å². The van der Waals surface area contributed by atoms with E-state index in [0.29, 0.717) is 21.4 Å². The molecule has 0 atom stereocenters. The molecule has 0 saturated heterocycles. The Kier molecular flexibility index (Phi) is 4.08. The van der Waals surface area contributed by atoms with Crippen molar-refractivity contribution in [3.63, 3.8) is 0 Å². The maximum atomic E-state index is 6.22. The van der Waals surface area contributed by atoms with Crippen molar-refractivity contribution in [2.45, 2.75) is 0 Å². The van der Waals surface area contributed by atoms with Gasteiger partial charge < -0.3 is 15.4 Å². The standard InChI is InChI=1S/C14H14Cl2N2O/c1-18(10-4-3-5-11(8-10)19-2)14-12(15)6-9(17)7-13(14)16/h3-8H,17H2,1-2H3. The maximum absolute atomic E-state index is 6.22. The second kappa shape index (κ2) is 5.59. The molecule has 0 fully saturated rings. The van der Waals surface area contributed by atoms with Gasteiger partial charge in [0, 0.05) is 24.5 Å². The van der Waals surface area contributed by atoms with Crippen molar-refractivity contribution in [3.8, 4) is 5.75 Å². The molecule has 5 heteroatoms. The van der Waals surface area contributed by atoms with Gasteiger partial charge in [-0.1, -0.05) is 29.3 Å². The summed E-state index contributed by atoms with van der Waals surface area (Å²) in [5, 5.41) is 1.02. The molecule has 0 radical (unpaired) electrons. The molecule has 0 unspecified atom stereocenters. The summed E-state index contributed by atoms with van der Waals surface area (Å²) in [7, 11) is 3.51. The second-order valence-electron chi connectivity index (χ2n) is 4.09. The molecule has 2 aromatic carbocycles. The number of ether oxygens (including phenoxy) is 1. The van der Waals surface area contributed by atoms with Crippen molar-refractivity contribution in [2.24, 2.45) is 0 Å². The first-order chi connectivity index (χ1) is 9.02. The van der Waals surface area contributed by atoms with Crippen LogP contribution in [0, 0.1) is 0 Å². The Bertz CT molecular complexity index is 579. The first-order valence-corrected chi connectivity index (χ1v) is 6.41. The number of anilines is 3. The molecule has 2 N–H and O–H groups in total. The van der Waals surface area contributed by atoms with E-state index in [-0.39, 0.29) is 0 Å². The van der Waals surface area contributed by atoms with Gasteiger partial charge in [-0.2, -0.15) is 0 Å². The Morgan fingerprint density at radius 1 is 1.11 bits per heavy atom. The predicted molar refractivity (Wildman–Crippen MR) is 81.9 cm³/mol. The molecule has 0 heterocycles. The Labute approximate surface area is 122 Å². The van der Waals surface area contributed by atoms with Crippen LogP contribution in [0.2, 0.25) is 10.0 Å². The van der Waals surface area contributed by atoms with Gasteiger partial charge in [-0.25, -0.2) is 0 Å². The minimum atomic E-state index is 0.510. The Hall–Kier alpha value is -1.58. The second-order valence-corrected chi connectivity index (χ2v) is 4.91. The third-order valence-corrected chi connectivity index (χ3v) is 3.39. The number of nitrogens with two attached hydrogens (primary N) is 1. The summed E-state index contributed by atoms with van der Waals surface area (Å²) in [5.41, 5.74) is 7.88. The normalized spacial score (nSPS) is 10.3. The highest BCUT2D eigenvalue weighted by atomic mass is 35.5. The zero-order chi connectivity index (χ0) is 14.0. The Morgan fingerprint density at radius 3 is 2.32 bits per heavy atom. The zero-order valence-electron chi connectivity index (χ0n) is 10.7. The average Bonchev–Trinajstić information content (AvgIpc) is 2.37. The van der Waals surface area contributed by atoms with Gasteiger partial charge >= 0.3 is 0 Å². The van der Waals surface area contributed by atoms with Crippen LogP contribution in [0.3, 0.4) is 0 Å². The van der Waals surface area contributed by atoms with E-state index in [1.165, 1.54) is 0 Å². The number of nitrogens with zero attached hydrogens (tertiary/aromatic N) is 1. The molecule has 0 amide bonds. The summed E-state index contributed by atoms with van der Waals surface area (Å²) in [6.45, 7) is 0. The fourth-order valence-electron chi connectivity index (χ4n) is 1.85. The predicted octanol–water partition coefficient (Wildman–Crippen LogP) is 4.35. The summed E-state index contributed by atoms with van der Waals surface area (Å²) in [4.78, 5) is 1.90. The van der Waals surface area contributed by atoms with Crippen LogP contribution in [0.1, 0.15) is 0 Å². The Morgan fingerprint density at radius 2 is 1.74 bits per heavy atom. The van der Waals surface area contributed by atoms with Crippen LogP contribution in [0.15, 0.2) is 36.4 Å². The van der Waals surface area contributed by atoms with Gasteiger partial charge in [0.1, 0.15) is 5.75 Å². The van der Waals surface area contributed by atoms with E-state index >= 15 is 0 Å². The molecule has 0 aliphatic carbocycles. The lowest BCUT2D eigenvalue weighted by molar-refractivity contribution is 0.415. The van der Waals surface area contributed by atoms with Crippen LogP contribution < -0.4 is 15.4 Å². The highest BCUT2D eigenvalue weighted by molar-refractivity contribution is 6.39. The van der Waals surface area contributed by atoms with E-state index in [4.69, 9.17) is 33.7 Å². The lowest BCUT2D eigenvalue weighted by Gasteiger charge is -2.22.